The molecule has 47 heavy (non-hydrogen) atoms. The van der Waals surface area contributed by atoms with Crippen LogP contribution in [0.15, 0.2) is 193 Å². The van der Waals surface area contributed by atoms with Gasteiger partial charge in [0.05, 0.1) is 17.1 Å². The Bertz CT molecular complexity index is 2230. The molecule has 1 aliphatic rings. The van der Waals surface area contributed by atoms with Crippen LogP contribution in [0.1, 0.15) is 22.4 Å². The number of allylic oxidation sites excluding steroid dienone is 2. The van der Waals surface area contributed by atoms with Crippen LogP contribution in [0.25, 0.3) is 50.7 Å². The number of nitrogens with zero attached hydrogens (tertiary/aromatic N) is 1. The van der Waals surface area contributed by atoms with Crippen molar-refractivity contribution < 1.29 is 0 Å². The van der Waals surface area contributed by atoms with Gasteiger partial charge < -0.3 is 4.98 Å². The standard InChI is InChI=1S/C45H32N2/c1-7-19-32(20-8-1)40-38(46-44(36-27-15-5-16-28-36)42(40)34-23-11-3-12-24-34)31-39-41(33-21-9-2-10-22-33)43(35-25-13-4-14-26-35)45(47-39)37-29-17-6-18-30-37/h1-31,46H/b39-31-. The molecule has 222 valence electrons. The second kappa shape index (κ2) is 12.6. The minimum absolute atomic E-state index is 0.923. The first-order valence-electron chi connectivity index (χ1n) is 16.0. The van der Waals surface area contributed by atoms with E-state index in [1.54, 1.807) is 0 Å². The highest BCUT2D eigenvalue weighted by molar-refractivity contribution is 6.41. The molecule has 0 radical (unpaired) electrons. The van der Waals surface area contributed by atoms with E-state index in [2.05, 4.69) is 193 Å². The number of aliphatic imine (C=N–C) groups is 1. The first kappa shape index (κ1) is 28.2. The van der Waals surface area contributed by atoms with Gasteiger partial charge in [0.2, 0.25) is 0 Å². The van der Waals surface area contributed by atoms with Gasteiger partial charge in [-0.05, 0) is 33.9 Å². The van der Waals surface area contributed by atoms with E-state index in [4.69, 9.17) is 4.99 Å². The number of hydrogen-bond donors (Lipinski definition) is 1. The topological polar surface area (TPSA) is 28.1 Å². The molecule has 1 aromatic heterocycles. The second-order valence-corrected chi connectivity index (χ2v) is 11.6. The van der Waals surface area contributed by atoms with Crippen LogP contribution in [0.4, 0.5) is 0 Å². The summed E-state index contributed by atoms with van der Waals surface area (Å²) in [6, 6.07) is 63.8. The lowest BCUT2D eigenvalue weighted by molar-refractivity contribution is 1.35. The predicted octanol–water partition coefficient (Wildman–Crippen LogP) is 11.5. The molecule has 2 nitrogen and oxygen atoms in total. The van der Waals surface area contributed by atoms with Crippen molar-refractivity contribution >= 4 is 22.9 Å². The molecule has 8 rings (SSSR count). The predicted molar refractivity (Wildman–Crippen MR) is 198 cm³/mol. The summed E-state index contributed by atoms with van der Waals surface area (Å²) in [4.78, 5) is 9.38. The Morgan fingerprint density at radius 3 is 1.23 bits per heavy atom. The first-order valence-corrected chi connectivity index (χ1v) is 16.0. The number of aromatic nitrogens is 1. The van der Waals surface area contributed by atoms with Crippen LogP contribution >= 0.6 is 0 Å². The number of rotatable bonds is 7. The maximum absolute atomic E-state index is 5.47. The molecule has 1 N–H and O–H groups in total. The van der Waals surface area contributed by atoms with Crippen molar-refractivity contribution in [2.45, 2.75) is 0 Å². The van der Waals surface area contributed by atoms with Gasteiger partial charge in [0, 0.05) is 33.5 Å². The summed E-state index contributed by atoms with van der Waals surface area (Å²) in [7, 11) is 0. The maximum Gasteiger partial charge on any atom is 0.0794 e. The van der Waals surface area contributed by atoms with Gasteiger partial charge >= 0.3 is 0 Å². The Morgan fingerprint density at radius 1 is 0.362 bits per heavy atom. The fourth-order valence-electron chi connectivity index (χ4n) is 6.55. The number of hydrogen-bond acceptors (Lipinski definition) is 1. The van der Waals surface area contributed by atoms with Gasteiger partial charge in [-0.2, -0.15) is 0 Å². The SMILES string of the molecule is C(=C1/N=C(c2ccccc2)C(c2ccccc2)=C1c1ccccc1)/c1[nH]c(-c2ccccc2)c(-c2ccccc2)c1-c1ccccc1. The van der Waals surface area contributed by atoms with Gasteiger partial charge in [-0.25, -0.2) is 4.99 Å². The molecule has 2 heterocycles. The Balaban J connectivity index is 1.46. The van der Waals surface area contributed by atoms with E-state index in [9.17, 15) is 0 Å². The largest absolute Gasteiger partial charge is 0.354 e. The van der Waals surface area contributed by atoms with Gasteiger partial charge in [-0.1, -0.05) is 182 Å². The lowest BCUT2D eigenvalue weighted by atomic mass is 9.89. The van der Waals surface area contributed by atoms with Crippen LogP contribution in [-0.4, -0.2) is 10.7 Å². The van der Waals surface area contributed by atoms with Gasteiger partial charge in [0.1, 0.15) is 0 Å². The van der Waals surface area contributed by atoms with Crippen LogP contribution < -0.4 is 0 Å². The number of nitrogens with one attached hydrogen (secondary N) is 1. The number of benzene rings is 6. The molecular weight excluding hydrogens is 569 g/mol. The molecule has 1 aliphatic heterocycles. The average Bonchev–Trinajstić information content (AvgIpc) is 3.73. The molecule has 6 aromatic carbocycles. The van der Waals surface area contributed by atoms with Crippen molar-refractivity contribution in [1.29, 1.82) is 0 Å². The molecule has 7 aromatic rings. The molecule has 0 saturated heterocycles. The highest BCUT2D eigenvalue weighted by Gasteiger charge is 2.29. The van der Waals surface area contributed by atoms with E-state index in [-0.39, 0.29) is 0 Å². The Morgan fingerprint density at radius 2 is 0.745 bits per heavy atom. The van der Waals surface area contributed by atoms with Crippen LogP contribution in [0, 0.1) is 0 Å². The fraction of sp³-hybridized carbons (Fsp3) is 0. The number of H-pyrrole nitrogens is 1. The summed E-state index contributed by atoms with van der Waals surface area (Å²) in [6.07, 6.45) is 2.25. The van der Waals surface area contributed by atoms with Gasteiger partial charge in [0.15, 0.2) is 0 Å². The lowest BCUT2D eigenvalue weighted by Gasteiger charge is -2.12. The molecule has 2 heteroatoms. The minimum atomic E-state index is 0.923. The molecule has 0 saturated carbocycles. The van der Waals surface area contributed by atoms with Crippen molar-refractivity contribution in [3.05, 3.63) is 210 Å². The van der Waals surface area contributed by atoms with Crippen LogP contribution in [0.5, 0.6) is 0 Å². The third-order valence-corrected chi connectivity index (χ3v) is 8.64. The van der Waals surface area contributed by atoms with E-state index < -0.39 is 0 Å². The molecule has 0 fully saturated rings. The third kappa shape index (κ3) is 5.47. The van der Waals surface area contributed by atoms with Crippen molar-refractivity contribution in [1.82, 2.24) is 4.98 Å². The quantitative estimate of drug-likeness (QED) is 0.189. The molecule has 0 spiro atoms. The molecular formula is C45H32N2. The second-order valence-electron chi connectivity index (χ2n) is 11.6. The minimum Gasteiger partial charge on any atom is -0.354 e. The summed E-state index contributed by atoms with van der Waals surface area (Å²) in [5, 5.41) is 0. The van der Waals surface area contributed by atoms with Crippen LogP contribution in [-0.2, 0) is 0 Å². The van der Waals surface area contributed by atoms with Crippen molar-refractivity contribution in [2.24, 2.45) is 4.99 Å². The molecule has 0 bridgehead atoms. The lowest BCUT2D eigenvalue weighted by Crippen LogP contribution is -2.02. The van der Waals surface area contributed by atoms with E-state index in [1.165, 1.54) is 5.56 Å². The van der Waals surface area contributed by atoms with Crippen molar-refractivity contribution in [3.63, 3.8) is 0 Å². The monoisotopic (exact) mass is 600 g/mol. The third-order valence-electron chi connectivity index (χ3n) is 8.64. The van der Waals surface area contributed by atoms with E-state index in [1.807, 2.05) is 0 Å². The van der Waals surface area contributed by atoms with E-state index in [0.29, 0.717) is 0 Å². The highest BCUT2D eigenvalue weighted by Crippen LogP contribution is 2.46. The summed E-state index contributed by atoms with van der Waals surface area (Å²) < 4.78 is 0. The van der Waals surface area contributed by atoms with Gasteiger partial charge in [-0.3, -0.25) is 0 Å². The first-order chi connectivity index (χ1) is 23.3. The normalized spacial score (nSPS) is 13.6. The summed E-state index contributed by atoms with van der Waals surface area (Å²) in [6.45, 7) is 0. The zero-order valence-electron chi connectivity index (χ0n) is 25.8. The Labute approximate surface area is 275 Å². The summed E-state index contributed by atoms with van der Waals surface area (Å²) in [5.74, 6) is 0. The Kier molecular flexibility index (Phi) is 7.59. The maximum atomic E-state index is 5.47. The van der Waals surface area contributed by atoms with Crippen LogP contribution in [0.2, 0.25) is 0 Å². The smallest absolute Gasteiger partial charge is 0.0794 e. The number of aromatic amines is 1. The molecule has 0 aliphatic carbocycles. The molecule has 0 amide bonds. The van der Waals surface area contributed by atoms with Gasteiger partial charge in [0.25, 0.3) is 0 Å². The van der Waals surface area contributed by atoms with Crippen LogP contribution in [0.3, 0.4) is 0 Å². The van der Waals surface area contributed by atoms with E-state index >= 15 is 0 Å². The van der Waals surface area contributed by atoms with Gasteiger partial charge in [-0.15, -0.1) is 0 Å². The van der Waals surface area contributed by atoms with Crippen molar-refractivity contribution in [2.75, 3.05) is 0 Å². The zero-order chi connectivity index (χ0) is 31.4. The zero-order valence-corrected chi connectivity index (χ0v) is 25.8. The average molecular weight is 601 g/mol. The van der Waals surface area contributed by atoms with Crippen molar-refractivity contribution in [3.8, 4) is 33.5 Å². The highest BCUT2D eigenvalue weighted by atomic mass is 14.8. The molecule has 0 atom stereocenters. The summed E-state index contributed by atoms with van der Waals surface area (Å²) >= 11 is 0. The Hall–Kier alpha value is -6.25. The summed E-state index contributed by atoms with van der Waals surface area (Å²) in [5.41, 5.74) is 15.4. The van der Waals surface area contributed by atoms with E-state index in [0.717, 1.165) is 72.9 Å². The fourth-order valence-corrected chi connectivity index (χ4v) is 6.55. The molecule has 0 unspecified atom stereocenters.